The second-order valence-corrected chi connectivity index (χ2v) is 19.2. The van der Waals surface area contributed by atoms with E-state index in [1.807, 2.05) is 0 Å². The number of aryl methyl sites for hydroxylation is 4. The van der Waals surface area contributed by atoms with Gasteiger partial charge in [-0.2, -0.15) is 0 Å². The van der Waals surface area contributed by atoms with Gasteiger partial charge in [-0.1, -0.05) is 0 Å². The van der Waals surface area contributed by atoms with Crippen LogP contribution in [0.3, 0.4) is 0 Å². The van der Waals surface area contributed by atoms with Crippen LogP contribution in [0.4, 0.5) is 0 Å². The molecule has 0 heterocycles. The third-order valence-electron chi connectivity index (χ3n) is 8.77. The van der Waals surface area contributed by atoms with Crippen molar-refractivity contribution in [2.45, 2.75) is 84.3 Å². The molecule has 1 aliphatic rings. The topological polar surface area (TPSA) is 0 Å². The molecule has 0 saturated heterocycles. The van der Waals surface area contributed by atoms with Crippen LogP contribution in [0.1, 0.15) is 90.3 Å². The number of halogens is 3. The molecule has 0 saturated carbocycles. The predicted octanol–water partition coefficient (Wildman–Crippen LogP) is -0.778. The number of rotatable bonds is 4. The van der Waals surface area contributed by atoms with Crippen LogP contribution in [0.2, 0.25) is 0 Å². The summed E-state index contributed by atoms with van der Waals surface area (Å²) in [5.41, 5.74) is 11.1. The van der Waals surface area contributed by atoms with Crippen LogP contribution in [-0.4, -0.2) is 8.07 Å². The Labute approximate surface area is 298 Å². The largest absolute Gasteiger partial charge is 1.00 e. The maximum absolute atomic E-state index is 2.74. The quantitative estimate of drug-likeness (QED) is 0.195. The minimum Gasteiger partial charge on any atom is -1.00 e. The number of allylic oxidation sites excluding steroid dienone is 1. The predicted molar refractivity (Wildman–Crippen MR) is 177 cm³/mol. The third-order valence-corrected chi connectivity index (χ3v) is 15.0. The number of hydrogen-bond donors (Lipinski definition) is 0. The Hall–Kier alpha value is -1.58. The summed E-state index contributed by atoms with van der Waals surface area (Å²) in [7, 11) is -2.74. The summed E-state index contributed by atoms with van der Waals surface area (Å²) in [6, 6.07) is 31.4. The van der Waals surface area contributed by atoms with Crippen molar-refractivity contribution >= 4 is 29.7 Å². The molecule has 1 atom stereocenters. The fraction of sp³-hybridized carbons (Fsp3) is 0.333. The normalized spacial score (nSPS) is 14.5. The fourth-order valence-corrected chi connectivity index (χ4v) is 13.8. The molecule has 0 fully saturated rings. The fourth-order valence-electron chi connectivity index (χ4n) is 6.74. The Kier molecular flexibility index (Phi) is 12.3. The Bertz CT molecular complexity index is 1550. The van der Waals surface area contributed by atoms with Gasteiger partial charge in [-0.25, -0.2) is 0 Å². The molecule has 0 aromatic heterocycles. The van der Waals surface area contributed by atoms with E-state index in [2.05, 4.69) is 175 Å². The van der Waals surface area contributed by atoms with Crippen molar-refractivity contribution in [3.63, 3.8) is 0 Å². The first kappa shape index (κ1) is 38.6. The van der Waals surface area contributed by atoms with Crippen LogP contribution >= 0.6 is 0 Å². The van der Waals surface area contributed by atoms with Gasteiger partial charge in [0, 0.05) is 0 Å². The van der Waals surface area contributed by atoms with E-state index in [0.717, 1.165) is 0 Å². The van der Waals surface area contributed by atoms with Gasteiger partial charge >= 0.3 is 263 Å². The molecule has 1 unspecified atom stereocenters. The molecule has 4 aromatic carbocycles. The van der Waals surface area contributed by atoms with E-state index in [4.69, 9.17) is 0 Å². The minimum atomic E-state index is -2.74. The minimum absolute atomic E-state index is 0. The van der Waals surface area contributed by atoms with E-state index in [9.17, 15) is 0 Å². The molecular weight excluding hydrogens is 651 g/mol. The summed E-state index contributed by atoms with van der Waals surface area (Å²) in [6.07, 6.45) is 2.57. The first-order valence-corrected chi connectivity index (χ1v) is 17.9. The van der Waals surface area contributed by atoms with Gasteiger partial charge in [-0.05, 0) is 0 Å². The maximum Gasteiger partial charge on any atom is -1.00 e. The van der Waals surface area contributed by atoms with Crippen molar-refractivity contribution in [2.24, 2.45) is 0 Å². The van der Waals surface area contributed by atoms with Crippen LogP contribution in [-0.2, 0) is 31.3 Å². The Balaban J connectivity index is 0.00000225. The van der Waals surface area contributed by atoms with Gasteiger partial charge in [0.1, 0.15) is 0 Å². The zero-order valence-corrected chi connectivity index (χ0v) is 32.6. The molecule has 0 aliphatic heterocycles. The van der Waals surface area contributed by atoms with Crippen LogP contribution in [0.25, 0.3) is 6.08 Å². The van der Waals surface area contributed by atoms with Crippen LogP contribution in [0.5, 0.6) is 0 Å². The number of hydrogen-bond acceptors (Lipinski definition) is 0. The molecule has 0 spiro atoms. The average Bonchev–Trinajstić information content (AvgIpc) is 3.19. The second kappa shape index (κ2) is 14.0. The van der Waals surface area contributed by atoms with Crippen LogP contribution in [0, 0.1) is 27.7 Å². The van der Waals surface area contributed by atoms with E-state index in [1.54, 1.807) is 5.20 Å². The smallest absolute Gasteiger partial charge is 1.00 e. The van der Waals surface area contributed by atoms with Crippen molar-refractivity contribution in [1.29, 1.82) is 0 Å². The van der Waals surface area contributed by atoms with E-state index in [-0.39, 0.29) is 48.1 Å². The van der Waals surface area contributed by atoms with E-state index >= 15 is 0 Å². The summed E-state index contributed by atoms with van der Waals surface area (Å²) in [5, 5.41) is 6.10. The number of fused-ring (bicyclic) bond motifs is 1. The summed E-state index contributed by atoms with van der Waals surface area (Å²) in [4.78, 5) is 0. The van der Waals surface area contributed by atoms with Gasteiger partial charge in [-0.15, -0.1) is 0 Å². The van der Waals surface area contributed by atoms with E-state index in [1.165, 1.54) is 60.1 Å². The molecule has 5 heteroatoms. The van der Waals surface area contributed by atoms with E-state index < -0.39 is 8.07 Å². The maximum atomic E-state index is 2.59. The van der Waals surface area contributed by atoms with Gasteiger partial charge in [0.15, 0.2) is 0 Å². The van der Waals surface area contributed by atoms with Gasteiger partial charge in [0.25, 0.3) is 0 Å². The van der Waals surface area contributed by atoms with Crippen molar-refractivity contribution in [3.05, 3.63) is 129 Å². The Morgan fingerprint density at radius 2 is 0.932 bits per heavy atom. The molecule has 0 radical (unpaired) electrons. The molecule has 4 aromatic rings. The number of benzene rings is 4. The van der Waals surface area contributed by atoms with Crippen molar-refractivity contribution in [3.8, 4) is 0 Å². The zero-order valence-electron chi connectivity index (χ0n) is 27.8. The zero-order chi connectivity index (χ0) is 29.9. The molecule has 230 valence electrons. The summed E-state index contributed by atoms with van der Waals surface area (Å²) in [5.74, 6) is 0. The molecule has 1 aliphatic carbocycles. The first-order valence-electron chi connectivity index (χ1n) is 15.0. The Morgan fingerprint density at radius 3 is 1.32 bits per heavy atom. The van der Waals surface area contributed by atoms with Gasteiger partial charge in [0.2, 0.25) is 0 Å². The van der Waals surface area contributed by atoms with Crippen molar-refractivity contribution in [2.75, 3.05) is 0 Å². The van der Waals surface area contributed by atoms with E-state index in [0.29, 0.717) is 4.22 Å². The molecule has 5 rings (SSSR count). The van der Waals surface area contributed by atoms with Crippen molar-refractivity contribution in [1.82, 2.24) is 0 Å². The summed E-state index contributed by atoms with van der Waals surface area (Å²) in [6.45, 7) is 23.3. The standard InChI is InChI=1S/C39H45Si.3ClH.Ti/c1-26-15-27(2)18-34(17-26)40(35-19-28(3)16-29(4)20-35,36-21-30-13-11-12-14-31(30)22-36)37-24-32(38(5,6)7)23-33(25-37)39(8,9)10;;;;/h11-25H,1-10H3;3*1H;/q;;;;+3/p-3. The molecule has 0 amide bonds. The third kappa shape index (κ3) is 7.20. The second-order valence-electron chi connectivity index (χ2n) is 14.5. The summed E-state index contributed by atoms with van der Waals surface area (Å²) < 4.78 is 0.343. The van der Waals surface area contributed by atoms with Gasteiger partial charge in [0.05, 0.1) is 0 Å². The van der Waals surface area contributed by atoms with Crippen LogP contribution in [0.15, 0.2) is 84.1 Å². The monoisotopic (exact) mass is 694 g/mol. The molecule has 44 heavy (non-hydrogen) atoms. The molecule has 0 bridgehead atoms. The van der Waals surface area contributed by atoms with Gasteiger partial charge in [-0.3, -0.25) is 0 Å². The summed E-state index contributed by atoms with van der Waals surface area (Å²) >= 11 is 2.45. The van der Waals surface area contributed by atoms with Crippen LogP contribution < -0.4 is 52.8 Å². The van der Waals surface area contributed by atoms with Gasteiger partial charge < -0.3 is 37.2 Å². The SMILES string of the molecule is Cc1cc(C)cc([Si](C2=Cc3ccccc3[CH]2[Ti+3])(c2cc(C)cc(C)c2)c2cc(C(C)(C)C)cc(C(C)(C)C)c2)c1.[Cl-].[Cl-].[Cl-]. The molecular formula is C39H45Cl3SiTi. The first-order chi connectivity index (χ1) is 19.1. The Morgan fingerprint density at radius 1 is 0.545 bits per heavy atom. The molecule has 0 nitrogen and oxygen atoms in total. The average molecular weight is 696 g/mol. The molecule has 0 N–H and O–H groups in total. The van der Waals surface area contributed by atoms with Crippen molar-refractivity contribution < 1.29 is 57.7 Å².